The molecule has 12 rings (SSSR count). The van der Waals surface area contributed by atoms with Gasteiger partial charge in [0.2, 0.25) is 0 Å². The van der Waals surface area contributed by atoms with Crippen molar-refractivity contribution >= 4 is 39.2 Å². The van der Waals surface area contributed by atoms with Crippen molar-refractivity contribution in [2.24, 2.45) is 35.5 Å². The molecule has 4 fully saturated rings. The summed E-state index contributed by atoms with van der Waals surface area (Å²) in [6, 6.07) is 22.2. The topological polar surface area (TPSA) is 143 Å². The Labute approximate surface area is 393 Å². The van der Waals surface area contributed by atoms with E-state index < -0.39 is 18.6 Å². The number of rotatable bonds is 8. The second kappa shape index (κ2) is 18.4. The summed E-state index contributed by atoms with van der Waals surface area (Å²) in [7, 11) is 0. The second-order valence-electron chi connectivity index (χ2n) is 19.5. The third-order valence-electron chi connectivity index (χ3n) is 14.9. The van der Waals surface area contributed by atoms with E-state index in [9.17, 15) is 35.9 Å². The van der Waals surface area contributed by atoms with Crippen molar-refractivity contribution in [1.82, 2.24) is 9.97 Å². The summed E-state index contributed by atoms with van der Waals surface area (Å²) in [6.07, 6.45) is 5.84. The molecule has 0 radical (unpaired) electrons. The van der Waals surface area contributed by atoms with Crippen LogP contribution in [0.1, 0.15) is 92.7 Å². The number of carbonyl (C=O) groups is 2. The van der Waals surface area contributed by atoms with Crippen LogP contribution in [0.25, 0.3) is 21.8 Å². The van der Waals surface area contributed by atoms with E-state index in [1.54, 1.807) is 30.3 Å². The molecule has 4 unspecified atom stereocenters. The molecule has 4 aromatic carbocycles. The molecule has 4 aliphatic carbocycles. The first-order valence-corrected chi connectivity index (χ1v) is 23.4. The molecule has 0 spiro atoms. The molecule has 8 atom stereocenters. The zero-order valence-corrected chi connectivity index (χ0v) is 37.3. The number of carboxylic acid groups (broad SMARTS) is 1. The number of carbonyl (C=O) groups excluding carboxylic acids is 1. The fraction of sp³-hybridized carbons (Fsp3) is 0.396. The number of ether oxygens (including phenoxy) is 4. The van der Waals surface area contributed by atoms with Gasteiger partial charge >= 0.3 is 18.6 Å². The van der Waals surface area contributed by atoms with Crippen molar-refractivity contribution in [3.63, 3.8) is 0 Å². The van der Waals surface area contributed by atoms with Crippen LogP contribution >= 0.6 is 0 Å². The van der Waals surface area contributed by atoms with Crippen molar-refractivity contribution in [3.05, 3.63) is 126 Å². The lowest BCUT2D eigenvalue weighted by Gasteiger charge is -2.16. The highest BCUT2D eigenvalue weighted by Gasteiger charge is 2.46. The Kier molecular flexibility index (Phi) is 12.3. The molecule has 360 valence electrons. The van der Waals surface area contributed by atoms with Crippen LogP contribution in [0.5, 0.6) is 23.0 Å². The van der Waals surface area contributed by atoms with Gasteiger partial charge in [0.05, 0.1) is 11.0 Å². The quantitative estimate of drug-likeness (QED) is 0.112. The minimum absolute atomic E-state index is 0.00852. The van der Waals surface area contributed by atoms with E-state index >= 15 is 0 Å². The highest BCUT2D eigenvalue weighted by molar-refractivity contribution is 5.84. The summed E-state index contributed by atoms with van der Waals surface area (Å²) in [5.74, 6) is 2.86. The van der Waals surface area contributed by atoms with Gasteiger partial charge in [-0.25, -0.2) is 8.78 Å². The molecular formula is C53H49F6N3O7. The molecule has 0 saturated heterocycles. The predicted molar refractivity (Wildman–Crippen MR) is 242 cm³/mol. The van der Waals surface area contributed by atoms with Gasteiger partial charge in [-0.2, -0.15) is 0 Å². The number of fused-ring (bicyclic) bond motifs is 6. The van der Waals surface area contributed by atoms with Crippen LogP contribution in [0.4, 0.5) is 32.0 Å². The van der Waals surface area contributed by atoms with Gasteiger partial charge in [-0.15, -0.1) is 17.6 Å². The van der Waals surface area contributed by atoms with Gasteiger partial charge < -0.3 is 29.8 Å². The SMILES string of the molecule is Nc1ccc2c(c1)OC(F)(F)O2.O=C(Cc1ccc2c(c1)OC(F)(F)O2)CC1C[C@@H]2CC(c3ccnc4ccc(F)cc34)C[C@@H]2C1.O=C(O)CC1C[C@@H]2CC(c3ccnc4ccc(F)cc34)C[C@@H]2C1. The summed E-state index contributed by atoms with van der Waals surface area (Å²) >= 11 is 0. The number of halogens is 6. The molecule has 2 aromatic heterocycles. The maximum absolute atomic E-state index is 13.9. The van der Waals surface area contributed by atoms with E-state index in [-0.39, 0.29) is 46.8 Å². The Morgan fingerprint density at radius 1 is 0.565 bits per heavy atom. The molecule has 2 aliphatic heterocycles. The molecule has 69 heavy (non-hydrogen) atoms. The third kappa shape index (κ3) is 10.3. The van der Waals surface area contributed by atoms with Crippen LogP contribution in [-0.2, 0) is 16.0 Å². The smallest absolute Gasteiger partial charge is 0.481 e. The number of aromatic nitrogens is 2. The molecule has 10 nitrogen and oxygen atoms in total. The minimum atomic E-state index is -3.65. The molecule has 4 saturated carbocycles. The van der Waals surface area contributed by atoms with E-state index in [4.69, 9.17) is 10.8 Å². The standard InChI is InChI=1S/C27H24F3NO3.C19H20FNO2.C7H5F2NO2/c28-20-2-3-24-23(14-20)22(5-6-31-24)19-12-17-7-16(8-18(17)13-19)10-21(32)9-15-1-4-25-26(11-15)34-27(29,30)33-25;20-15-1-2-18-17(10-15)16(3-4-21-18)14-8-12-5-11(7-19(22)23)6-13(12)9-14;8-7(9)11-5-2-1-4(10)3-6(5)12-7/h1-6,11,14,16-19H,7-10,12-13H2;1-4,10-14H,5-9H2,(H,22,23);1-3H,10H2/t16?,17-,18+,19?;11?,12-,13+,14?;. The molecule has 3 N–H and O–H groups in total. The summed E-state index contributed by atoms with van der Waals surface area (Å²) in [4.78, 5) is 32.3. The maximum atomic E-state index is 13.9. The van der Waals surface area contributed by atoms with E-state index in [1.807, 2.05) is 24.5 Å². The highest BCUT2D eigenvalue weighted by atomic mass is 19.3. The van der Waals surface area contributed by atoms with Gasteiger partial charge in [0.15, 0.2) is 23.0 Å². The number of nitrogens with zero attached hydrogens (tertiary/aromatic N) is 2. The van der Waals surface area contributed by atoms with Crippen molar-refractivity contribution in [3.8, 4) is 23.0 Å². The molecule has 16 heteroatoms. The summed E-state index contributed by atoms with van der Waals surface area (Å²) in [5.41, 5.74) is 10.4. The van der Waals surface area contributed by atoms with Gasteiger partial charge in [-0.3, -0.25) is 19.6 Å². The predicted octanol–water partition coefficient (Wildman–Crippen LogP) is 12.4. The minimum Gasteiger partial charge on any atom is -0.481 e. The van der Waals surface area contributed by atoms with Gasteiger partial charge in [0.25, 0.3) is 0 Å². The number of hydrogen-bond donors (Lipinski definition) is 2. The van der Waals surface area contributed by atoms with E-state index in [0.29, 0.717) is 71.4 Å². The van der Waals surface area contributed by atoms with Crippen LogP contribution in [0.2, 0.25) is 0 Å². The number of nitrogens with two attached hydrogens (primary N) is 1. The number of nitrogen functional groups attached to an aromatic ring is 1. The van der Waals surface area contributed by atoms with E-state index in [2.05, 4.69) is 28.9 Å². The molecule has 4 heterocycles. The lowest BCUT2D eigenvalue weighted by atomic mass is 9.88. The van der Waals surface area contributed by atoms with Crippen molar-refractivity contribution < 1.29 is 60.0 Å². The first kappa shape index (κ1) is 46.2. The van der Waals surface area contributed by atoms with Gasteiger partial charge in [0, 0.05) is 54.2 Å². The zero-order valence-electron chi connectivity index (χ0n) is 37.3. The number of benzene rings is 4. The van der Waals surface area contributed by atoms with E-state index in [1.165, 1.54) is 53.6 Å². The third-order valence-corrected chi connectivity index (χ3v) is 14.9. The lowest BCUT2D eigenvalue weighted by molar-refractivity contribution is -0.287. The molecule has 0 bridgehead atoms. The Morgan fingerprint density at radius 3 is 1.51 bits per heavy atom. The van der Waals surface area contributed by atoms with Crippen LogP contribution in [0.15, 0.2) is 97.3 Å². The number of Topliss-reactive ketones (excluding diaryl/α,β-unsaturated/α-hetero) is 1. The van der Waals surface area contributed by atoms with Gasteiger partial charge in [0.1, 0.15) is 17.4 Å². The van der Waals surface area contributed by atoms with Crippen LogP contribution < -0.4 is 24.7 Å². The number of ketones is 1. The number of hydrogen-bond acceptors (Lipinski definition) is 9. The van der Waals surface area contributed by atoms with Gasteiger partial charge in [-0.1, -0.05) is 6.07 Å². The molecule has 6 aromatic rings. The van der Waals surface area contributed by atoms with Crippen molar-refractivity contribution in [2.45, 2.75) is 95.1 Å². The second-order valence-corrected chi connectivity index (χ2v) is 19.5. The fourth-order valence-corrected chi connectivity index (χ4v) is 12.3. The number of anilines is 1. The fourth-order valence-electron chi connectivity index (χ4n) is 12.3. The Bertz CT molecular complexity index is 2910. The molecular weight excluding hydrogens is 905 g/mol. The number of alkyl halides is 4. The molecule has 6 aliphatic rings. The number of pyridine rings is 2. The van der Waals surface area contributed by atoms with Crippen LogP contribution in [-0.4, -0.2) is 39.4 Å². The highest BCUT2D eigenvalue weighted by Crippen LogP contribution is 2.55. The Hall–Kier alpha value is -6.58. The van der Waals surface area contributed by atoms with E-state index in [0.717, 1.165) is 73.2 Å². The number of carboxylic acids is 1. The normalized spacial score (nSPS) is 26.2. The largest absolute Gasteiger partial charge is 0.586 e. The first-order valence-electron chi connectivity index (χ1n) is 23.4. The van der Waals surface area contributed by atoms with Crippen LogP contribution in [0.3, 0.4) is 0 Å². The average molecular weight is 954 g/mol. The number of aliphatic carboxylic acids is 1. The average Bonchev–Trinajstić information content (AvgIpc) is 4.13. The Morgan fingerprint density at radius 2 is 1.01 bits per heavy atom. The summed E-state index contributed by atoms with van der Waals surface area (Å²) < 4.78 is 95.9. The van der Waals surface area contributed by atoms with Crippen LogP contribution in [0, 0.1) is 47.1 Å². The summed E-state index contributed by atoms with van der Waals surface area (Å²) in [6.45, 7) is 0. The zero-order chi connectivity index (χ0) is 48.2. The monoisotopic (exact) mass is 953 g/mol. The van der Waals surface area contributed by atoms with Crippen molar-refractivity contribution in [1.29, 1.82) is 0 Å². The molecule has 0 amide bonds. The summed E-state index contributed by atoms with van der Waals surface area (Å²) in [5, 5.41) is 10.8. The van der Waals surface area contributed by atoms with Gasteiger partial charge in [-0.05, 0) is 188 Å². The first-order chi connectivity index (χ1) is 33.0. The Balaban J connectivity index is 0.000000135. The van der Waals surface area contributed by atoms with Crippen molar-refractivity contribution in [2.75, 3.05) is 5.73 Å². The lowest BCUT2D eigenvalue weighted by Crippen LogP contribution is -2.25. The maximum Gasteiger partial charge on any atom is 0.586 e.